The lowest BCUT2D eigenvalue weighted by Crippen LogP contribution is -2.42. The number of thioether (sulfide) groups is 1. The van der Waals surface area contributed by atoms with Crippen LogP contribution in [-0.4, -0.2) is 46.5 Å². The van der Waals surface area contributed by atoms with Gasteiger partial charge in [-0.25, -0.2) is 0 Å². The Bertz CT molecular complexity index is 247. The van der Waals surface area contributed by atoms with Crippen molar-refractivity contribution in [1.82, 2.24) is 4.90 Å². The van der Waals surface area contributed by atoms with Gasteiger partial charge in [0.15, 0.2) is 0 Å². The number of carbonyl (C=O) groups excluding carboxylic acids is 2. The maximum absolute atomic E-state index is 11.2. The molecule has 0 fully saturated rings. The number of rotatable bonds is 5. The number of nitrogens with zero attached hydrogens (tertiary/aromatic N) is 1. The molecule has 1 aliphatic heterocycles. The largest absolute Gasteiger partial charge is 0.394 e. The summed E-state index contributed by atoms with van der Waals surface area (Å²) in [7, 11) is 0. The monoisotopic (exact) mass is 215 g/mol. The Morgan fingerprint density at radius 3 is 2.43 bits per heavy atom. The highest BCUT2D eigenvalue weighted by molar-refractivity contribution is 7.98. The summed E-state index contributed by atoms with van der Waals surface area (Å²) in [4.78, 5) is 23.6. The van der Waals surface area contributed by atoms with Crippen molar-refractivity contribution in [2.24, 2.45) is 0 Å². The molecule has 78 valence electrons. The molecule has 0 saturated carbocycles. The molecule has 0 saturated heterocycles. The number of carbonyl (C=O) groups is 2. The molecule has 1 atom stereocenters. The molecule has 0 aromatic rings. The first-order chi connectivity index (χ1) is 6.70. The molecular formula is C9H13NO3S. The average molecular weight is 215 g/mol. The first-order valence-electron chi connectivity index (χ1n) is 4.35. The van der Waals surface area contributed by atoms with E-state index in [1.165, 1.54) is 12.2 Å². The van der Waals surface area contributed by atoms with Crippen LogP contribution in [0.15, 0.2) is 12.2 Å². The van der Waals surface area contributed by atoms with Crippen molar-refractivity contribution in [3.8, 4) is 0 Å². The molecule has 1 unspecified atom stereocenters. The van der Waals surface area contributed by atoms with Crippen LogP contribution in [0.25, 0.3) is 0 Å². The number of hydrogen-bond acceptors (Lipinski definition) is 4. The van der Waals surface area contributed by atoms with E-state index >= 15 is 0 Å². The van der Waals surface area contributed by atoms with Gasteiger partial charge in [0.25, 0.3) is 11.8 Å². The van der Waals surface area contributed by atoms with Gasteiger partial charge in [0, 0.05) is 12.2 Å². The first kappa shape index (κ1) is 11.3. The summed E-state index contributed by atoms with van der Waals surface area (Å²) in [5.41, 5.74) is 0. The van der Waals surface area contributed by atoms with Crippen LogP contribution in [-0.2, 0) is 9.59 Å². The molecule has 1 heterocycles. The summed E-state index contributed by atoms with van der Waals surface area (Å²) in [6.45, 7) is -0.167. The summed E-state index contributed by atoms with van der Waals surface area (Å²) < 4.78 is 0. The van der Waals surface area contributed by atoms with Crippen molar-refractivity contribution < 1.29 is 14.7 Å². The molecule has 0 aliphatic carbocycles. The number of hydrogen-bond donors (Lipinski definition) is 1. The van der Waals surface area contributed by atoms with E-state index < -0.39 is 0 Å². The van der Waals surface area contributed by atoms with Crippen molar-refractivity contribution in [3.63, 3.8) is 0 Å². The molecule has 0 spiro atoms. The van der Waals surface area contributed by atoms with Crippen LogP contribution in [0.4, 0.5) is 0 Å². The lowest BCUT2D eigenvalue weighted by molar-refractivity contribution is -0.140. The zero-order valence-electron chi connectivity index (χ0n) is 7.97. The first-order valence-corrected chi connectivity index (χ1v) is 5.75. The second-order valence-corrected chi connectivity index (χ2v) is 3.98. The van der Waals surface area contributed by atoms with Gasteiger partial charge in [-0.15, -0.1) is 0 Å². The fraction of sp³-hybridized carbons (Fsp3) is 0.556. The molecule has 4 nitrogen and oxygen atoms in total. The van der Waals surface area contributed by atoms with Crippen LogP contribution in [0.5, 0.6) is 0 Å². The summed E-state index contributed by atoms with van der Waals surface area (Å²) in [5.74, 6) is 0.174. The summed E-state index contributed by atoms with van der Waals surface area (Å²) in [6, 6.07) is -0.377. The molecule has 0 radical (unpaired) electrons. The van der Waals surface area contributed by atoms with Crippen LogP contribution < -0.4 is 0 Å². The van der Waals surface area contributed by atoms with Crippen molar-refractivity contribution in [3.05, 3.63) is 12.2 Å². The highest BCUT2D eigenvalue weighted by atomic mass is 32.2. The Labute approximate surface area is 87.0 Å². The average Bonchev–Trinajstić information content (AvgIpc) is 2.50. The van der Waals surface area contributed by atoms with Gasteiger partial charge in [-0.3, -0.25) is 14.5 Å². The Balaban J connectivity index is 2.60. The van der Waals surface area contributed by atoms with Crippen molar-refractivity contribution in [2.75, 3.05) is 18.6 Å². The van der Waals surface area contributed by atoms with E-state index in [4.69, 9.17) is 5.11 Å². The smallest absolute Gasteiger partial charge is 0.253 e. The maximum Gasteiger partial charge on any atom is 0.253 e. The van der Waals surface area contributed by atoms with Gasteiger partial charge in [-0.1, -0.05) is 0 Å². The molecule has 0 aromatic carbocycles. The fourth-order valence-corrected chi connectivity index (χ4v) is 1.84. The van der Waals surface area contributed by atoms with E-state index in [2.05, 4.69) is 0 Å². The van der Waals surface area contributed by atoms with Crippen LogP contribution >= 0.6 is 11.8 Å². The zero-order chi connectivity index (χ0) is 10.6. The Kier molecular flexibility index (Phi) is 4.16. The lowest BCUT2D eigenvalue weighted by Gasteiger charge is -2.23. The molecule has 14 heavy (non-hydrogen) atoms. The predicted molar refractivity (Wildman–Crippen MR) is 54.9 cm³/mol. The van der Waals surface area contributed by atoms with E-state index in [1.54, 1.807) is 11.8 Å². The minimum Gasteiger partial charge on any atom is -0.394 e. The van der Waals surface area contributed by atoms with E-state index in [-0.39, 0.29) is 24.5 Å². The van der Waals surface area contributed by atoms with Crippen molar-refractivity contribution in [1.29, 1.82) is 0 Å². The minimum absolute atomic E-state index is 0.167. The Morgan fingerprint density at radius 2 is 2.00 bits per heavy atom. The predicted octanol–water partition coefficient (Wildman–Crippen LogP) is 0.0254. The summed E-state index contributed by atoms with van der Waals surface area (Å²) >= 11 is 1.63. The third-order valence-corrected chi connectivity index (χ3v) is 2.72. The molecule has 2 amide bonds. The summed E-state index contributed by atoms with van der Waals surface area (Å²) in [5, 5.41) is 9.07. The fourth-order valence-electron chi connectivity index (χ4n) is 1.33. The highest BCUT2D eigenvalue weighted by Gasteiger charge is 2.30. The minimum atomic E-state index is -0.377. The van der Waals surface area contributed by atoms with Gasteiger partial charge >= 0.3 is 0 Å². The molecule has 0 aromatic heterocycles. The standard InChI is InChI=1S/C9H13NO3S/c1-14-5-4-7(6-11)10-8(12)2-3-9(10)13/h2-3,7,11H,4-6H2,1H3. The van der Waals surface area contributed by atoms with Gasteiger partial charge in [0.1, 0.15) is 0 Å². The van der Waals surface area contributed by atoms with Crippen LogP contribution in [0, 0.1) is 0 Å². The molecule has 0 bridgehead atoms. The van der Waals surface area contributed by atoms with Crippen LogP contribution in [0.2, 0.25) is 0 Å². The molecule has 1 N–H and O–H groups in total. The van der Waals surface area contributed by atoms with Gasteiger partial charge in [0.05, 0.1) is 12.6 Å². The van der Waals surface area contributed by atoms with Crippen molar-refractivity contribution in [2.45, 2.75) is 12.5 Å². The topological polar surface area (TPSA) is 57.6 Å². The van der Waals surface area contributed by atoms with Gasteiger partial charge in [-0.05, 0) is 18.4 Å². The third-order valence-electron chi connectivity index (χ3n) is 2.07. The number of imide groups is 1. The van der Waals surface area contributed by atoms with Gasteiger partial charge in [-0.2, -0.15) is 11.8 Å². The molecule has 1 rings (SSSR count). The van der Waals surface area contributed by atoms with Gasteiger partial charge in [0.2, 0.25) is 0 Å². The normalized spacial score (nSPS) is 18.0. The number of aliphatic hydroxyl groups is 1. The van der Waals surface area contributed by atoms with E-state index in [0.717, 1.165) is 10.7 Å². The van der Waals surface area contributed by atoms with Gasteiger partial charge < -0.3 is 5.11 Å². The van der Waals surface area contributed by atoms with Crippen LogP contribution in [0.1, 0.15) is 6.42 Å². The third kappa shape index (κ3) is 2.36. The number of amides is 2. The number of aliphatic hydroxyl groups excluding tert-OH is 1. The Hall–Kier alpha value is -0.810. The summed E-state index contributed by atoms with van der Waals surface area (Å²) in [6.07, 6.45) is 5.06. The lowest BCUT2D eigenvalue weighted by atomic mass is 10.2. The molecular weight excluding hydrogens is 202 g/mol. The molecule has 1 aliphatic rings. The molecule has 5 heteroatoms. The quantitative estimate of drug-likeness (QED) is 0.657. The second kappa shape index (κ2) is 5.17. The zero-order valence-corrected chi connectivity index (χ0v) is 8.79. The maximum atomic E-state index is 11.2. The highest BCUT2D eigenvalue weighted by Crippen LogP contribution is 2.13. The van der Waals surface area contributed by atoms with Crippen molar-refractivity contribution >= 4 is 23.6 Å². The van der Waals surface area contributed by atoms with E-state index in [1.807, 2.05) is 6.26 Å². The SMILES string of the molecule is CSCCC(CO)N1C(=O)C=CC1=O. The second-order valence-electron chi connectivity index (χ2n) is 3.00. The van der Waals surface area contributed by atoms with Crippen LogP contribution in [0.3, 0.4) is 0 Å². The Morgan fingerprint density at radius 1 is 1.43 bits per heavy atom. The van der Waals surface area contributed by atoms with E-state index in [0.29, 0.717) is 6.42 Å². The van der Waals surface area contributed by atoms with E-state index in [9.17, 15) is 9.59 Å².